The van der Waals surface area contributed by atoms with Crippen LogP contribution in [0.5, 0.6) is 0 Å². The van der Waals surface area contributed by atoms with Crippen molar-refractivity contribution in [3.8, 4) is 0 Å². The molecule has 3 aromatic rings. The van der Waals surface area contributed by atoms with Gasteiger partial charge in [0.2, 0.25) is 5.91 Å². The first-order valence-electron chi connectivity index (χ1n) is 13.7. The fourth-order valence-electron chi connectivity index (χ4n) is 4.56. The second kappa shape index (κ2) is 13.3. The maximum absolute atomic E-state index is 14.1. The van der Waals surface area contributed by atoms with Crippen LogP contribution in [0.4, 0.5) is 10.5 Å². The zero-order chi connectivity index (χ0) is 29.4. The number of rotatable bonds is 9. The van der Waals surface area contributed by atoms with Gasteiger partial charge in [0.25, 0.3) is 5.91 Å². The molecule has 7 heteroatoms. The Labute approximate surface area is 237 Å². The van der Waals surface area contributed by atoms with Crippen LogP contribution < -0.4 is 10.6 Å². The SMILES string of the molecule is CCc1ccc(C(C(=O)Nc2c(C)cccc2C)N(C)C(=O)C(Cc2ccccc2)NC(=O)OC(C)(C)C)cc1. The molecule has 0 bridgehead atoms. The van der Waals surface area contributed by atoms with Crippen molar-refractivity contribution >= 4 is 23.6 Å². The third-order valence-corrected chi connectivity index (χ3v) is 6.69. The molecule has 0 fully saturated rings. The van der Waals surface area contributed by atoms with Gasteiger partial charge in [0.1, 0.15) is 17.7 Å². The number of para-hydroxylation sites is 1. The minimum absolute atomic E-state index is 0.239. The fourth-order valence-corrected chi connectivity index (χ4v) is 4.56. The van der Waals surface area contributed by atoms with Crippen molar-refractivity contribution in [3.63, 3.8) is 0 Å². The summed E-state index contributed by atoms with van der Waals surface area (Å²) in [6, 6.07) is 21.0. The van der Waals surface area contributed by atoms with Crippen molar-refractivity contribution in [3.05, 3.63) is 101 Å². The number of aryl methyl sites for hydroxylation is 3. The Morgan fingerprint density at radius 3 is 2.00 bits per heavy atom. The van der Waals surface area contributed by atoms with E-state index in [-0.39, 0.29) is 12.3 Å². The summed E-state index contributed by atoms with van der Waals surface area (Å²) in [5.74, 6) is -0.746. The molecule has 2 N–H and O–H groups in total. The van der Waals surface area contributed by atoms with Gasteiger partial charge in [-0.25, -0.2) is 4.79 Å². The lowest BCUT2D eigenvalue weighted by molar-refractivity contribution is -0.139. The van der Waals surface area contributed by atoms with E-state index in [0.29, 0.717) is 5.56 Å². The Bertz CT molecular complexity index is 1290. The van der Waals surface area contributed by atoms with Crippen LogP contribution in [-0.4, -0.2) is 41.5 Å². The zero-order valence-electron chi connectivity index (χ0n) is 24.6. The molecule has 40 heavy (non-hydrogen) atoms. The summed E-state index contributed by atoms with van der Waals surface area (Å²) >= 11 is 0. The van der Waals surface area contributed by atoms with Gasteiger partial charge < -0.3 is 20.3 Å². The number of ether oxygens (including phenoxy) is 1. The van der Waals surface area contributed by atoms with Gasteiger partial charge in [-0.05, 0) is 68.9 Å². The molecule has 0 radical (unpaired) electrons. The zero-order valence-corrected chi connectivity index (χ0v) is 24.6. The van der Waals surface area contributed by atoms with Crippen LogP contribution in [0.25, 0.3) is 0 Å². The van der Waals surface area contributed by atoms with Gasteiger partial charge in [-0.2, -0.15) is 0 Å². The Kier molecular flexibility index (Phi) is 10.1. The smallest absolute Gasteiger partial charge is 0.408 e. The third kappa shape index (κ3) is 8.18. The number of amides is 3. The molecular weight excluding hydrogens is 502 g/mol. The van der Waals surface area contributed by atoms with Gasteiger partial charge >= 0.3 is 6.09 Å². The van der Waals surface area contributed by atoms with Gasteiger partial charge in [-0.1, -0.05) is 79.7 Å². The summed E-state index contributed by atoms with van der Waals surface area (Å²) in [5.41, 5.74) is 4.51. The molecule has 0 aliphatic heterocycles. The van der Waals surface area contributed by atoms with E-state index in [4.69, 9.17) is 4.74 Å². The first kappa shape index (κ1) is 30.4. The van der Waals surface area contributed by atoms with E-state index in [2.05, 4.69) is 17.6 Å². The number of alkyl carbamates (subject to hydrolysis) is 1. The molecule has 0 aliphatic rings. The minimum atomic E-state index is -0.951. The topological polar surface area (TPSA) is 87.7 Å². The third-order valence-electron chi connectivity index (χ3n) is 6.69. The van der Waals surface area contributed by atoms with Crippen molar-refractivity contribution in [1.82, 2.24) is 10.2 Å². The maximum atomic E-state index is 14.1. The van der Waals surface area contributed by atoms with E-state index in [1.165, 1.54) is 4.90 Å². The molecule has 0 saturated carbocycles. The average molecular weight is 544 g/mol. The first-order chi connectivity index (χ1) is 18.9. The highest BCUT2D eigenvalue weighted by Crippen LogP contribution is 2.27. The second-order valence-corrected chi connectivity index (χ2v) is 11.1. The van der Waals surface area contributed by atoms with Crippen molar-refractivity contribution in [2.24, 2.45) is 0 Å². The quantitative estimate of drug-likeness (QED) is 0.339. The van der Waals surface area contributed by atoms with Crippen LogP contribution in [0, 0.1) is 13.8 Å². The number of anilines is 1. The van der Waals surface area contributed by atoms with Crippen molar-refractivity contribution in [1.29, 1.82) is 0 Å². The standard InChI is InChI=1S/C33H41N3O4/c1-8-24-17-19-26(20-18-24)29(30(37)35-28-22(2)13-12-14-23(28)3)36(7)31(38)27(21-25-15-10-9-11-16-25)34-32(39)40-33(4,5)6/h9-20,27,29H,8,21H2,1-7H3,(H,34,39)(H,35,37). The number of nitrogens with one attached hydrogen (secondary N) is 2. The average Bonchev–Trinajstić information content (AvgIpc) is 2.90. The Morgan fingerprint density at radius 2 is 1.45 bits per heavy atom. The van der Waals surface area contributed by atoms with Crippen LogP contribution in [0.2, 0.25) is 0 Å². The van der Waals surface area contributed by atoms with Crippen LogP contribution in [0.1, 0.15) is 61.6 Å². The number of hydrogen-bond acceptors (Lipinski definition) is 4. The monoisotopic (exact) mass is 543 g/mol. The summed E-state index contributed by atoms with van der Waals surface area (Å²) in [4.78, 5) is 42.1. The molecule has 0 heterocycles. The molecule has 2 unspecified atom stereocenters. The van der Waals surface area contributed by atoms with Gasteiger partial charge in [0.15, 0.2) is 0 Å². The summed E-state index contributed by atoms with van der Waals surface area (Å²) in [6.45, 7) is 11.2. The van der Waals surface area contributed by atoms with Crippen molar-refractivity contribution < 1.29 is 19.1 Å². The van der Waals surface area contributed by atoms with E-state index in [9.17, 15) is 14.4 Å². The summed E-state index contributed by atoms with van der Waals surface area (Å²) in [5, 5.41) is 5.81. The predicted octanol–water partition coefficient (Wildman–Crippen LogP) is 6.14. The molecule has 7 nitrogen and oxygen atoms in total. The Morgan fingerprint density at radius 1 is 0.850 bits per heavy atom. The number of likely N-dealkylation sites (N-methyl/N-ethyl adjacent to an activating group) is 1. The van der Waals surface area contributed by atoms with E-state index in [1.807, 2.05) is 86.6 Å². The van der Waals surface area contributed by atoms with E-state index in [1.54, 1.807) is 27.8 Å². The minimum Gasteiger partial charge on any atom is -0.444 e. The van der Waals surface area contributed by atoms with Crippen molar-refractivity contribution in [2.75, 3.05) is 12.4 Å². The van der Waals surface area contributed by atoms with Gasteiger partial charge in [0, 0.05) is 19.2 Å². The predicted molar refractivity (Wildman–Crippen MR) is 159 cm³/mol. The van der Waals surface area contributed by atoms with E-state index < -0.39 is 29.7 Å². The molecule has 0 spiro atoms. The lowest BCUT2D eigenvalue weighted by atomic mass is 9.99. The molecular formula is C33H41N3O4. The lowest BCUT2D eigenvalue weighted by Gasteiger charge is -2.32. The fraction of sp³-hybridized carbons (Fsp3) is 0.364. The maximum Gasteiger partial charge on any atom is 0.408 e. The van der Waals surface area contributed by atoms with Crippen LogP contribution in [0.15, 0.2) is 72.8 Å². The van der Waals surface area contributed by atoms with E-state index >= 15 is 0 Å². The number of nitrogens with zero attached hydrogens (tertiary/aromatic N) is 1. The summed E-state index contributed by atoms with van der Waals surface area (Å²) in [7, 11) is 1.60. The number of carbonyl (C=O) groups is 3. The highest BCUT2D eigenvalue weighted by atomic mass is 16.6. The van der Waals surface area contributed by atoms with Crippen LogP contribution in [0.3, 0.4) is 0 Å². The molecule has 0 aliphatic carbocycles. The normalized spacial score (nSPS) is 12.7. The molecule has 0 aromatic heterocycles. The highest BCUT2D eigenvalue weighted by molar-refractivity contribution is 5.99. The Hall–Kier alpha value is -4.13. The largest absolute Gasteiger partial charge is 0.444 e. The molecule has 2 atom stereocenters. The highest BCUT2D eigenvalue weighted by Gasteiger charge is 2.34. The summed E-state index contributed by atoms with van der Waals surface area (Å²) < 4.78 is 5.46. The van der Waals surface area contributed by atoms with Crippen molar-refractivity contribution in [2.45, 2.75) is 72.1 Å². The van der Waals surface area contributed by atoms with E-state index in [0.717, 1.165) is 34.4 Å². The van der Waals surface area contributed by atoms with Crippen LogP contribution in [-0.2, 0) is 27.2 Å². The molecule has 212 valence electrons. The number of hydrogen-bond donors (Lipinski definition) is 2. The lowest BCUT2D eigenvalue weighted by Crippen LogP contribution is -2.52. The molecule has 3 rings (SSSR count). The first-order valence-corrected chi connectivity index (χ1v) is 13.7. The van der Waals surface area contributed by atoms with Gasteiger partial charge in [0.05, 0.1) is 0 Å². The molecule has 0 saturated heterocycles. The van der Waals surface area contributed by atoms with Gasteiger partial charge in [-0.15, -0.1) is 0 Å². The number of benzene rings is 3. The molecule has 3 amide bonds. The second-order valence-electron chi connectivity index (χ2n) is 11.1. The molecule has 3 aromatic carbocycles. The van der Waals surface area contributed by atoms with Crippen LogP contribution >= 0.6 is 0 Å². The summed E-state index contributed by atoms with van der Waals surface area (Å²) in [6.07, 6.45) is 0.398. The number of carbonyl (C=O) groups excluding carboxylic acids is 3. The Balaban J connectivity index is 1.98. The van der Waals surface area contributed by atoms with Gasteiger partial charge in [-0.3, -0.25) is 9.59 Å².